The number of nitrogens with one attached hydrogen (secondary N) is 2. The maximum absolute atomic E-state index is 13.2. The van der Waals surface area contributed by atoms with E-state index in [1.54, 1.807) is 31.2 Å². The normalized spacial score (nSPS) is 17.0. The molecule has 8 nitrogen and oxygen atoms in total. The van der Waals surface area contributed by atoms with Crippen molar-refractivity contribution in [2.75, 3.05) is 24.3 Å². The smallest absolute Gasteiger partial charge is 0.319 e. The summed E-state index contributed by atoms with van der Waals surface area (Å²) in [6, 6.07) is 13.1. The molecule has 2 aromatic carbocycles. The van der Waals surface area contributed by atoms with Gasteiger partial charge in [0, 0.05) is 17.2 Å². The number of anilines is 1. The summed E-state index contributed by atoms with van der Waals surface area (Å²) in [4.78, 5) is 38.9. The molecule has 2 N–H and O–H groups in total. The number of para-hydroxylation sites is 1. The number of ether oxygens (including phenoxy) is 2. The summed E-state index contributed by atoms with van der Waals surface area (Å²) in [6.45, 7) is 9.78. The summed E-state index contributed by atoms with van der Waals surface area (Å²) in [6.07, 6.45) is 0. The SMILES string of the molecule is CCOC(=O)[C@H]1C(=O)NC(SCC(=O)Nc2c(C)cc(C)cc2C)=C(C#N)[C@@H]1c1ccccc1OCC. The van der Waals surface area contributed by atoms with Gasteiger partial charge in [-0.3, -0.25) is 14.4 Å². The second-order valence-electron chi connectivity index (χ2n) is 8.63. The van der Waals surface area contributed by atoms with Gasteiger partial charge in [-0.1, -0.05) is 47.7 Å². The number of esters is 1. The number of amides is 2. The number of allylic oxidation sites excluding steroid dienone is 1. The molecule has 0 aliphatic carbocycles. The van der Waals surface area contributed by atoms with Gasteiger partial charge in [0.25, 0.3) is 0 Å². The molecule has 0 aromatic heterocycles. The fourth-order valence-electron chi connectivity index (χ4n) is 4.48. The molecule has 2 aromatic rings. The van der Waals surface area contributed by atoms with Crippen molar-refractivity contribution in [1.82, 2.24) is 5.32 Å². The van der Waals surface area contributed by atoms with Gasteiger partial charge in [0.1, 0.15) is 11.7 Å². The minimum atomic E-state index is -1.27. The lowest BCUT2D eigenvalue weighted by Crippen LogP contribution is -2.44. The van der Waals surface area contributed by atoms with E-state index in [0.717, 1.165) is 34.1 Å². The first-order valence-electron chi connectivity index (χ1n) is 12.1. The fourth-order valence-corrected chi connectivity index (χ4v) is 5.32. The van der Waals surface area contributed by atoms with Crippen LogP contribution in [0.5, 0.6) is 5.75 Å². The molecule has 194 valence electrons. The Bertz CT molecular complexity index is 1260. The second-order valence-corrected chi connectivity index (χ2v) is 9.62. The number of carbonyl (C=O) groups is 3. The first-order valence-corrected chi connectivity index (χ1v) is 13.0. The largest absolute Gasteiger partial charge is 0.494 e. The topological polar surface area (TPSA) is 118 Å². The summed E-state index contributed by atoms with van der Waals surface area (Å²) in [7, 11) is 0. The number of hydrogen-bond donors (Lipinski definition) is 2. The third-order valence-electron chi connectivity index (χ3n) is 5.91. The molecule has 37 heavy (non-hydrogen) atoms. The van der Waals surface area contributed by atoms with Crippen molar-refractivity contribution in [2.24, 2.45) is 5.92 Å². The Balaban J connectivity index is 1.96. The highest BCUT2D eigenvalue weighted by Gasteiger charge is 2.45. The molecule has 1 heterocycles. The van der Waals surface area contributed by atoms with Crippen molar-refractivity contribution in [1.29, 1.82) is 5.26 Å². The van der Waals surface area contributed by atoms with Gasteiger partial charge in [-0.2, -0.15) is 5.26 Å². The van der Waals surface area contributed by atoms with Crippen LogP contribution in [0.15, 0.2) is 47.0 Å². The van der Waals surface area contributed by atoms with Crippen LogP contribution in [0.4, 0.5) is 5.69 Å². The lowest BCUT2D eigenvalue weighted by Gasteiger charge is -2.32. The van der Waals surface area contributed by atoms with Crippen molar-refractivity contribution in [3.8, 4) is 11.8 Å². The minimum absolute atomic E-state index is 0.0442. The molecule has 0 fully saturated rings. The highest BCUT2D eigenvalue weighted by atomic mass is 32.2. The molecular formula is C28H31N3O5S. The van der Waals surface area contributed by atoms with Gasteiger partial charge in [-0.25, -0.2) is 0 Å². The molecule has 0 radical (unpaired) electrons. The predicted octanol–water partition coefficient (Wildman–Crippen LogP) is 4.51. The Morgan fingerprint density at radius 3 is 2.41 bits per heavy atom. The Labute approximate surface area is 221 Å². The molecule has 3 rings (SSSR count). The van der Waals surface area contributed by atoms with Gasteiger partial charge in [-0.05, 0) is 51.8 Å². The van der Waals surface area contributed by atoms with E-state index in [1.807, 2.05) is 39.8 Å². The number of hydrogen-bond acceptors (Lipinski definition) is 7. The third kappa shape index (κ3) is 6.33. The van der Waals surface area contributed by atoms with E-state index >= 15 is 0 Å². The van der Waals surface area contributed by atoms with Crippen molar-refractivity contribution in [2.45, 2.75) is 40.5 Å². The van der Waals surface area contributed by atoms with E-state index in [0.29, 0.717) is 17.9 Å². The Morgan fingerprint density at radius 2 is 1.78 bits per heavy atom. The molecule has 9 heteroatoms. The number of thioether (sulfide) groups is 1. The zero-order chi connectivity index (χ0) is 27.1. The van der Waals surface area contributed by atoms with Crippen LogP contribution in [0.2, 0.25) is 0 Å². The van der Waals surface area contributed by atoms with E-state index in [-0.39, 0.29) is 28.9 Å². The van der Waals surface area contributed by atoms with E-state index < -0.39 is 23.7 Å². The van der Waals surface area contributed by atoms with Crippen LogP contribution in [-0.2, 0) is 19.1 Å². The van der Waals surface area contributed by atoms with Crippen LogP contribution in [0.25, 0.3) is 0 Å². The average molecular weight is 522 g/mol. The molecule has 2 atom stereocenters. The van der Waals surface area contributed by atoms with E-state index in [2.05, 4.69) is 16.7 Å². The van der Waals surface area contributed by atoms with Crippen molar-refractivity contribution in [3.05, 3.63) is 69.3 Å². The second kappa shape index (κ2) is 12.5. The van der Waals surface area contributed by atoms with Crippen LogP contribution in [0.3, 0.4) is 0 Å². The predicted molar refractivity (Wildman–Crippen MR) is 143 cm³/mol. The van der Waals surface area contributed by atoms with E-state index in [4.69, 9.17) is 9.47 Å². The quantitative estimate of drug-likeness (QED) is 0.368. The average Bonchev–Trinajstić information content (AvgIpc) is 2.85. The molecule has 1 aliphatic heterocycles. The fraction of sp³-hybridized carbons (Fsp3) is 0.357. The van der Waals surface area contributed by atoms with Crippen molar-refractivity contribution in [3.63, 3.8) is 0 Å². The zero-order valence-corrected chi connectivity index (χ0v) is 22.5. The number of nitriles is 1. The van der Waals surface area contributed by atoms with Gasteiger partial charge >= 0.3 is 5.97 Å². The first kappa shape index (κ1) is 27.8. The van der Waals surface area contributed by atoms with Crippen LogP contribution in [0.1, 0.15) is 42.0 Å². The molecular weight excluding hydrogens is 490 g/mol. The summed E-state index contributed by atoms with van der Waals surface area (Å²) in [5.74, 6) is -3.37. The monoisotopic (exact) mass is 521 g/mol. The van der Waals surface area contributed by atoms with Gasteiger partial charge < -0.3 is 20.1 Å². The number of rotatable bonds is 9. The molecule has 0 bridgehead atoms. The maximum Gasteiger partial charge on any atom is 0.319 e. The highest BCUT2D eigenvalue weighted by molar-refractivity contribution is 8.03. The Hall–Kier alpha value is -3.77. The highest BCUT2D eigenvalue weighted by Crippen LogP contribution is 2.43. The molecule has 0 spiro atoms. The first-order chi connectivity index (χ1) is 17.7. The summed E-state index contributed by atoms with van der Waals surface area (Å²) in [5, 5.41) is 16.0. The van der Waals surface area contributed by atoms with Crippen LogP contribution in [-0.4, -0.2) is 36.8 Å². The molecule has 0 saturated heterocycles. The summed E-state index contributed by atoms with van der Waals surface area (Å²) >= 11 is 1.04. The van der Waals surface area contributed by atoms with Gasteiger partial charge in [0.15, 0.2) is 0 Å². The number of benzene rings is 2. The lowest BCUT2D eigenvalue weighted by atomic mass is 9.78. The number of nitrogens with zero attached hydrogens (tertiary/aromatic N) is 1. The van der Waals surface area contributed by atoms with E-state index in [9.17, 15) is 19.6 Å². The minimum Gasteiger partial charge on any atom is -0.494 e. The molecule has 1 aliphatic rings. The third-order valence-corrected chi connectivity index (χ3v) is 6.93. The summed E-state index contributed by atoms with van der Waals surface area (Å²) < 4.78 is 10.9. The van der Waals surface area contributed by atoms with Gasteiger partial charge in [-0.15, -0.1) is 0 Å². The number of carbonyl (C=O) groups excluding carboxylic acids is 3. The van der Waals surface area contributed by atoms with E-state index in [1.165, 1.54) is 0 Å². The van der Waals surface area contributed by atoms with Crippen molar-refractivity contribution < 1.29 is 23.9 Å². The van der Waals surface area contributed by atoms with Crippen LogP contribution >= 0.6 is 11.8 Å². The summed E-state index contributed by atoms with van der Waals surface area (Å²) in [5.41, 5.74) is 4.44. The molecule has 2 amide bonds. The number of aryl methyl sites for hydroxylation is 3. The van der Waals surface area contributed by atoms with Gasteiger partial charge in [0.2, 0.25) is 11.8 Å². The maximum atomic E-state index is 13.2. The lowest BCUT2D eigenvalue weighted by molar-refractivity contribution is -0.152. The standard InChI is InChI=1S/C28H31N3O5S/c1-6-35-21-11-9-8-10-19(21)23-20(14-29)27(31-26(33)24(23)28(34)36-7-2)37-15-22(32)30-25-17(4)12-16(3)13-18(25)5/h8-13,23-24H,6-7,15H2,1-5H3,(H,30,32)(H,31,33)/t23-,24+/m0/s1. The zero-order valence-electron chi connectivity index (χ0n) is 21.6. The Morgan fingerprint density at radius 1 is 1.11 bits per heavy atom. The van der Waals surface area contributed by atoms with Crippen molar-refractivity contribution >= 4 is 35.2 Å². The Kier molecular flexibility index (Phi) is 9.36. The van der Waals surface area contributed by atoms with Gasteiger partial charge in [0.05, 0.1) is 35.6 Å². The van der Waals surface area contributed by atoms with Crippen LogP contribution in [0, 0.1) is 38.0 Å². The van der Waals surface area contributed by atoms with Crippen LogP contribution < -0.4 is 15.4 Å². The molecule has 0 saturated carbocycles. The molecule has 0 unspecified atom stereocenters.